The third-order valence-corrected chi connectivity index (χ3v) is 3.57. The molecule has 0 aliphatic carbocycles. The van der Waals surface area contributed by atoms with E-state index < -0.39 is 0 Å². The minimum absolute atomic E-state index is 0.153. The van der Waals surface area contributed by atoms with E-state index in [0.717, 1.165) is 21.7 Å². The van der Waals surface area contributed by atoms with E-state index in [-0.39, 0.29) is 6.04 Å². The lowest BCUT2D eigenvalue weighted by Crippen LogP contribution is -2.18. The number of hydrogen-bond acceptors (Lipinski definition) is 2. The average molecular weight is 315 g/mol. The zero-order chi connectivity index (χ0) is 12.3. The van der Waals surface area contributed by atoms with Crippen LogP contribution in [0.4, 0.5) is 0 Å². The van der Waals surface area contributed by atoms with Crippen LogP contribution in [0.5, 0.6) is 0 Å². The van der Waals surface area contributed by atoms with Crippen molar-refractivity contribution in [1.29, 1.82) is 0 Å². The highest BCUT2D eigenvalue weighted by Crippen LogP contribution is 2.27. The van der Waals surface area contributed by atoms with Gasteiger partial charge in [0.1, 0.15) is 5.76 Å². The summed E-state index contributed by atoms with van der Waals surface area (Å²) in [7, 11) is 1.93. The van der Waals surface area contributed by atoms with E-state index in [2.05, 4.69) is 21.2 Å². The molecule has 1 N–H and O–H groups in total. The van der Waals surface area contributed by atoms with Gasteiger partial charge in [-0.1, -0.05) is 23.7 Å². The first-order valence-corrected chi connectivity index (χ1v) is 6.52. The second-order valence-corrected chi connectivity index (χ2v) is 5.10. The van der Waals surface area contributed by atoms with Crippen molar-refractivity contribution in [2.75, 3.05) is 7.05 Å². The monoisotopic (exact) mass is 313 g/mol. The van der Waals surface area contributed by atoms with Crippen molar-refractivity contribution < 1.29 is 4.42 Å². The molecule has 0 aliphatic rings. The summed E-state index contributed by atoms with van der Waals surface area (Å²) >= 11 is 9.34. The standard InChI is InChI=1S/C13H13BrClNO/c1-16-12(13-11(14)6-7-17-13)8-9-2-4-10(15)5-3-9/h2-7,12,16H,8H2,1H3. The molecular weight excluding hydrogens is 302 g/mol. The Morgan fingerprint density at radius 1 is 1.29 bits per heavy atom. The van der Waals surface area contributed by atoms with Crippen molar-refractivity contribution in [3.05, 3.63) is 57.4 Å². The fraction of sp³-hybridized carbons (Fsp3) is 0.231. The lowest BCUT2D eigenvalue weighted by atomic mass is 10.0. The number of rotatable bonds is 4. The molecule has 1 atom stereocenters. The Bertz CT molecular complexity index is 480. The van der Waals surface area contributed by atoms with Gasteiger partial charge in [0.15, 0.2) is 0 Å². The van der Waals surface area contributed by atoms with Crippen LogP contribution in [0.2, 0.25) is 5.02 Å². The Morgan fingerprint density at radius 3 is 2.53 bits per heavy atom. The third-order valence-electron chi connectivity index (χ3n) is 2.66. The summed E-state index contributed by atoms with van der Waals surface area (Å²) in [6.45, 7) is 0. The molecule has 0 radical (unpaired) electrons. The maximum Gasteiger partial charge on any atom is 0.135 e. The molecule has 4 heteroatoms. The molecule has 1 heterocycles. The second kappa shape index (κ2) is 5.71. The fourth-order valence-electron chi connectivity index (χ4n) is 1.74. The zero-order valence-corrected chi connectivity index (χ0v) is 11.8. The fourth-order valence-corrected chi connectivity index (χ4v) is 2.34. The molecule has 0 spiro atoms. The molecule has 0 bridgehead atoms. The number of nitrogens with one attached hydrogen (secondary N) is 1. The van der Waals surface area contributed by atoms with E-state index in [1.54, 1.807) is 6.26 Å². The molecule has 0 saturated heterocycles. The minimum atomic E-state index is 0.153. The van der Waals surface area contributed by atoms with Crippen LogP contribution in [0, 0.1) is 0 Å². The van der Waals surface area contributed by atoms with Crippen molar-refractivity contribution in [2.45, 2.75) is 12.5 Å². The summed E-state index contributed by atoms with van der Waals surface area (Å²) in [5.74, 6) is 0.919. The highest BCUT2D eigenvalue weighted by atomic mass is 79.9. The molecule has 0 aliphatic heterocycles. The maximum atomic E-state index is 5.87. The number of halogens is 2. The van der Waals surface area contributed by atoms with Gasteiger partial charge in [-0.05, 0) is 53.2 Å². The van der Waals surface area contributed by atoms with E-state index in [4.69, 9.17) is 16.0 Å². The van der Waals surface area contributed by atoms with Crippen molar-refractivity contribution in [3.8, 4) is 0 Å². The van der Waals surface area contributed by atoms with Gasteiger partial charge in [0, 0.05) is 5.02 Å². The molecule has 1 aromatic carbocycles. The lowest BCUT2D eigenvalue weighted by molar-refractivity contribution is 0.427. The largest absolute Gasteiger partial charge is 0.466 e. The molecule has 0 saturated carbocycles. The molecule has 90 valence electrons. The van der Waals surface area contributed by atoms with Crippen LogP contribution < -0.4 is 5.32 Å². The topological polar surface area (TPSA) is 25.2 Å². The van der Waals surface area contributed by atoms with Crippen molar-refractivity contribution in [2.24, 2.45) is 0 Å². The molecule has 1 unspecified atom stereocenters. The van der Waals surface area contributed by atoms with Crippen LogP contribution >= 0.6 is 27.5 Å². The number of furan rings is 1. The Morgan fingerprint density at radius 2 is 2.00 bits per heavy atom. The summed E-state index contributed by atoms with van der Waals surface area (Å²) in [6.07, 6.45) is 2.55. The maximum absolute atomic E-state index is 5.87. The van der Waals surface area contributed by atoms with Crippen molar-refractivity contribution >= 4 is 27.5 Å². The summed E-state index contributed by atoms with van der Waals surface area (Å²) in [6, 6.07) is 9.93. The molecule has 1 aromatic heterocycles. The van der Waals surface area contributed by atoms with Gasteiger partial charge < -0.3 is 9.73 Å². The average Bonchev–Trinajstić information content (AvgIpc) is 2.75. The highest BCUT2D eigenvalue weighted by molar-refractivity contribution is 9.10. The Labute approximate surface area is 114 Å². The molecule has 17 heavy (non-hydrogen) atoms. The normalized spacial score (nSPS) is 12.6. The van der Waals surface area contributed by atoms with E-state index in [9.17, 15) is 0 Å². The van der Waals surface area contributed by atoms with Crippen LogP contribution in [0.1, 0.15) is 17.4 Å². The summed E-state index contributed by atoms with van der Waals surface area (Å²) in [5, 5.41) is 4.01. The molecule has 2 nitrogen and oxygen atoms in total. The first kappa shape index (κ1) is 12.7. The highest BCUT2D eigenvalue weighted by Gasteiger charge is 2.16. The van der Waals surface area contributed by atoms with E-state index in [1.165, 1.54) is 5.56 Å². The second-order valence-electron chi connectivity index (χ2n) is 3.80. The Kier molecular flexibility index (Phi) is 4.26. The van der Waals surface area contributed by atoms with Crippen molar-refractivity contribution in [1.82, 2.24) is 5.32 Å². The van der Waals surface area contributed by atoms with Gasteiger partial charge in [-0.15, -0.1) is 0 Å². The first-order valence-electron chi connectivity index (χ1n) is 5.35. The van der Waals surface area contributed by atoms with Gasteiger partial charge >= 0.3 is 0 Å². The quantitative estimate of drug-likeness (QED) is 0.915. The predicted octanol–water partition coefficient (Wildman–Crippen LogP) is 4.20. The molecule has 0 fully saturated rings. The van der Waals surface area contributed by atoms with Gasteiger partial charge in [0.2, 0.25) is 0 Å². The van der Waals surface area contributed by atoms with Gasteiger partial charge in [0.05, 0.1) is 16.8 Å². The molecule has 0 amide bonds. The van der Waals surface area contributed by atoms with E-state index in [0.29, 0.717) is 0 Å². The van der Waals surface area contributed by atoms with Gasteiger partial charge in [-0.2, -0.15) is 0 Å². The lowest BCUT2D eigenvalue weighted by Gasteiger charge is -2.14. The van der Waals surface area contributed by atoms with Crippen molar-refractivity contribution in [3.63, 3.8) is 0 Å². The first-order chi connectivity index (χ1) is 8.20. The molecule has 2 rings (SSSR count). The van der Waals surface area contributed by atoms with E-state index >= 15 is 0 Å². The number of benzene rings is 1. The minimum Gasteiger partial charge on any atom is -0.466 e. The summed E-state index contributed by atoms with van der Waals surface area (Å²) < 4.78 is 6.47. The van der Waals surface area contributed by atoms with Gasteiger partial charge in [-0.25, -0.2) is 0 Å². The van der Waals surface area contributed by atoms with Gasteiger partial charge in [-0.3, -0.25) is 0 Å². The van der Waals surface area contributed by atoms with Crippen LogP contribution in [-0.4, -0.2) is 7.05 Å². The third kappa shape index (κ3) is 3.12. The van der Waals surface area contributed by atoms with E-state index in [1.807, 2.05) is 37.4 Å². The number of likely N-dealkylation sites (N-methyl/N-ethyl adjacent to an activating group) is 1. The van der Waals surface area contributed by atoms with Gasteiger partial charge in [0.25, 0.3) is 0 Å². The smallest absolute Gasteiger partial charge is 0.135 e. The van der Waals surface area contributed by atoms with Crippen LogP contribution in [0.15, 0.2) is 45.5 Å². The van der Waals surface area contributed by atoms with Crippen LogP contribution in [-0.2, 0) is 6.42 Å². The Balaban J connectivity index is 2.16. The predicted molar refractivity (Wildman–Crippen MR) is 73.4 cm³/mol. The Hall–Kier alpha value is -0.770. The molecular formula is C13H13BrClNO. The number of hydrogen-bond donors (Lipinski definition) is 1. The summed E-state index contributed by atoms with van der Waals surface area (Å²) in [5.41, 5.74) is 1.22. The van der Waals surface area contributed by atoms with Crippen LogP contribution in [0.25, 0.3) is 0 Å². The van der Waals surface area contributed by atoms with Crippen LogP contribution in [0.3, 0.4) is 0 Å². The molecule has 2 aromatic rings. The SMILES string of the molecule is CNC(Cc1ccc(Cl)cc1)c1occc1Br. The zero-order valence-electron chi connectivity index (χ0n) is 9.41. The summed E-state index contributed by atoms with van der Waals surface area (Å²) in [4.78, 5) is 0.